The smallest absolute Gasteiger partial charge is 0.120 e. The molecule has 2 atom stereocenters. The Hall–Kier alpha value is -2.62. The fraction of sp³-hybridized carbons (Fsp3) is 0.419. The minimum Gasteiger partial charge on any atom is -0.508 e. The lowest BCUT2D eigenvalue weighted by Crippen LogP contribution is -2.64. The number of hydrogen-bond acceptors (Lipinski definition) is 3. The zero-order chi connectivity index (χ0) is 23.7. The Morgan fingerprint density at radius 2 is 1.47 bits per heavy atom. The van der Waals surface area contributed by atoms with Crippen LogP contribution in [0.2, 0.25) is 0 Å². The monoisotopic (exact) mass is 454 g/mol. The molecule has 3 nitrogen and oxygen atoms in total. The molecule has 0 amide bonds. The minimum absolute atomic E-state index is 0.0618. The van der Waals surface area contributed by atoms with Gasteiger partial charge in [0.2, 0.25) is 0 Å². The predicted molar refractivity (Wildman–Crippen MR) is 140 cm³/mol. The second-order valence-corrected chi connectivity index (χ2v) is 11.2. The van der Waals surface area contributed by atoms with Crippen molar-refractivity contribution in [3.8, 4) is 5.75 Å². The summed E-state index contributed by atoms with van der Waals surface area (Å²) >= 11 is 0. The van der Waals surface area contributed by atoms with Crippen LogP contribution in [-0.4, -0.2) is 35.2 Å². The van der Waals surface area contributed by atoms with Crippen molar-refractivity contribution in [1.29, 1.82) is 0 Å². The van der Waals surface area contributed by atoms with E-state index in [0.717, 1.165) is 5.56 Å². The van der Waals surface area contributed by atoms with Gasteiger partial charge in [0.1, 0.15) is 5.75 Å². The summed E-state index contributed by atoms with van der Waals surface area (Å²) in [6.07, 6.45) is 2.50. The Morgan fingerprint density at radius 1 is 0.882 bits per heavy atom. The molecule has 3 aliphatic heterocycles. The van der Waals surface area contributed by atoms with Crippen molar-refractivity contribution < 1.29 is 5.11 Å². The molecule has 2 N–H and O–H groups in total. The van der Waals surface area contributed by atoms with E-state index in [9.17, 15) is 5.11 Å². The molecule has 0 radical (unpaired) electrons. The van der Waals surface area contributed by atoms with Gasteiger partial charge in [-0.05, 0) is 60.0 Å². The summed E-state index contributed by atoms with van der Waals surface area (Å²) < 4.78 is 0. The molecule has 3 heteroatoms. The molecule has 0 unspecified atom stereocenters. The summed E-state index contributed by atoms with van der Waals surface area (Å²) in [5.41, 5.74) is 5.09. The molecule has 3 saturated heterocycles. The number of nitrogens with one attached hydrogen (secondary N) is 1. The first kappa shape index (κ1) is 23.1. The van der Waals surface area contributed by atoms with Gasteiger partial charge >= 0.3 is 0 Å². The third kappa shape index (κ3) is 4.64. The van der Waals surface area contributed by atoms with Crippen LogP contribution in [0.25, 0.3) is 0 Å². The number of benzene rings is 3. The second kappa shape index (κ2) is 9.56. The summed E-state index contributed by atoms with van der Waals surface area (Å²) in [6.45, 7) is 9.72. The average Bonchev–Trinajstić information content (AvgIpc) is 2.85. The molecule has 6 rings (SSSR count). The van der Waals surface area contributed by atoms with Crippen molar-refractivity contribution in [3.05, 3.63) is 101 Å². The van der Waals surface area contributed by atoms with Crippen molar-refractivity contribution in [1.82, 2.24) is 10.2 Å². The van der Waals surface area contributed by atoms with E-state index in [-0.39, 0.29) is 5.41 Å². The number of phenolic OH excluding ortho intramolecular Hbond substituents is 1. The third-order valence-corrected chi connectivity index (χ3v) is 8.00. The van der Waals surface area contributed by atoms with Gasteiger partial charge in [-0.1, -0.05) is 93.6 Å². The Morgan fingerprint density at radius 3 is 2.03 bits per heavy atom. The van der Waals surface area contributed by atoms with Crippen LogP contribution in [-0.2, 0) is 12.0 Å². The van der Waals surface area contributed by atoms with E-state index < -0.39 is 0 Å². The second-order valence-electron chi connectivity index (χ2n) is 11.2. The van der Waals surface area contributed by atoms with Gasteiger partial charge in [0.25, 0.3) is 0 Å². The lowest BCUT2D eigenvalue weighted by Gasteiger charge is -2.54. The number of phenols is 1. The average molecular weight is 455 g/mol. The number of nitrogens with zero attached hydrogens (tertiary/aromatic N) is 1. The molecular formula is C31H38N2O. The molecule has 3 heterocycles. The number of rotatable bonds is 6. The van der Waals surface area contributed by atoms with E-state index in [1.54, 1.807) is 0 Å². The Labute approximate surface area is 204 Å². The van der Waals surface area contributed by atoms with Crippen molar-refractivity contribution >= 4 is 0 Å². The van der Waals surface area contributed by atoms with Crippen LogP contribution in [0.15, 0.2) is 78.9 Å². The lowest BCUT2D eigenvalue weighted by atomic mass is 9.70. The van der Waals surface area contributed by atoms with E-state index in [1.165, 1.54) is 42.6 Å². The molecule has 3 aliphatic rings. The highest BCUT2D eigenvalue weighted by atomic mass is 16.3. The largest absolute Gasteiger partial charge is 0.508 e. The van der Waals surface area contributed by atoms with Gasteiger partial charge in [0.15, 0.2) is 0 Å². The van der Waals surface area contributed by atoms with Crippen LogP contribution >= 0.6 is 0 Å². The van der Waals surface area contributed by atoms with E-state index in [2.05, 4.69) is 104 Å². The summed E-state index contributed by atoms with van der Waals surface area (Å²) in [5.74, 6) is 1.37. The minimum atomic E-state index is 0.0618. The van der Waals surface area contributed by atoms with Crippen molar-refractivity contribution in [2.75, 3.05) is 13.1 Å². The molecule has 0 saturated carbocycles. The highest BCUT2D eigenvalue weighted by Gasteiger charge is 2.46. The maximum absolute atomic E-state index is 10.6. The summed E-state index contributed by atoms with van der Waals surface area (Å²) in [5, 5.41) is 14.6. The van der Waals surface area contributed by atoms with Crippen LogP contribution in [0.3, 0.4) is 0 Å². The molecule has 3 fully saturated rings. The molecule has 0 aromatic heterocycles. The number of fused-ring (bicyclic) bond motifs is 3. The topological polar surface area (TPSA) is 35.5 Å². The van der Waals surface area contributed by atoms with Gasteiger partial charge in [-0.3, -0.25) is 4.90 Å². The lowest BCUT2D eigenvalue weighted by molar-refractivity contribution is 0.00462. The highest BCUT2D eigenvalue weighted by molar-refractivity contribution is 5.39. The molecule has 178 valence electrons. The van der Waals surface area contributed by atoms with Gasteiger partial charge in [0, 0.05) is 30.1 Å². The zero-order valence-electron chi connectivity index (χ0n) is 20.7. The highest BCUT2D eigenvalue weighted by Crippen LogP contribution is 2.42. The maximum atomic E-state index is 10.6. The Kier molecular flexibility index (Phi) is 6.50. The third-order valence-electron chi connectivity index (χ3n) is 8.00. The first-order chi connectivity index (χ1) is 16.4. The fourth-order valence-electron chi connectivity index (χ4n) is 6.12. The van der Waals surface area contributed by atoms with Gasteiger partial charge in [0.05, 0.1) is 0 Å². The molecular weight excluding hydrogens is 416 g/mol. The number of aromatic hydroxyl groups is 1. The van der Waals surface area contributed by atoms with E-state index in [0.29, 0.717) is 36.2 Å². The van der Waals surface area contributed by atoms with Crippen LogP contribution in [0.4, 0.5) is 0 Å². The van der Waals surface area contributed by atoms with Gasteiger partial charge in [-0.25, -0.2) is 0 Å². The number of hydrogen-bond donors (Lipinski definition) is 2. The van der Waals surface area contributed by atoms with Crippen molar-refractivity contribution in [2.24, 2.45) is 5.92 Å². The van der Waals surface area contributed by atoms with Crippen LogP contribution in [0, 0.1) is 5.92 Å². The molecule has 2 bridgehead atoms. The molecule has 0 aliphatic carbocycles. The van der Waals surface area contributed by atoms with Gasteiger partial charge in [-0.2, -0.15) is 0 Å². The van der Waals surface area contributed by atoms with Crippen LogP contribution < -0.4 is 5.32 Å². The Bertz CT molecular complexity index is 1040. The van der Waals surface area contributed by atoms with Crippen molar-refractivity contribution in [3.63, 3.8) is 0 Å². The SMILES string of the molecule is CC(C)(C)c1ccc(O)c(CN[C@H]2C3CCN(CC3)[C@H]2C(c2ccccc2)c2ccccc2)c1. The standard InChI is InChI=1S/C31H38N2O/c1-31(2,3)26-14-15-27(34)25(20-26)21-32-29-24-16-18-33(19-17-24)30(29)28(22-10-6-4-7-11-22)23-12-8-5-9-13-23/h4-15,20,24,28-30,32,34H,16-19,21H2,1-3H3/t29-,30-/m0/s1. The maximum Gasteiger partial charge on any atom is 0.120 e. The van der Waals surface area contributed by atoms with Crippen LogP contribution in [0.5, 0.6) is 5.75 Å². The van der Waals surface area contributed by atoms with Gasteiger partial charge < -0.3 is 10.4 Å². The zero-order valence-corrected chi connectivity index (χ0v) is 20.7. The van der Waals surface area contributed by atoms with E-state index in [4.69, 9.17) is 0 Å². The molecule has 3 aromatic carbocycles. The van der Waals surface area contributed by atoms with E-state index in [1.807, 2.05) is 6.07 Å². The predicted octanol–water partition coefficient (Wildman–Crippen LogP) is 6.07. The van der Waals surface area contributed by atoms with E-state index >= 15 is 0 Å². The van der Waals surface area contributed by atoms with Gasteiger partial charge in [-0.15, -0.1) is 0 Å². The number of piperidine rings is 3. The molecule has 0 spiro atoms. The molecule has 3 aromatic rings. The normalized spacial score (nSPS) is 24.5. The first-order valence-corrected chi connectivity index (χ1v) is 12.8. The Balaban J connectivity index is 1.48. The summed E-state index contributed by atoms with van der Waals surface area (Å²) in [6, 6.07) is 28.9. The summed E-state index contributed by atoms with van der Waals surface area (Å²) in [7, 11) is 0. The van der Waals surface area contributed by atoms with Crippen LogP contribution in [0.1, 0.15) is 61.8 Å². The van der Waals surface area contributed by atoms with Crippen molar-refractivity contribution in [2.45, 2.75) is 63.6 Å². The quantitative estimate of drug-likeness (QED) is 0.474. The summed E-state index contributed by atoms with van der Waals surface area (Å²) in [4.78, 5) is 2.72. The molecule has 34 heavy (non-hydrogen) atoms. The fourth-order valence-corrected chi connectivity index (χ4v) is 6.12. The first-order valence-electron chi connectivity index (χ1n) is 12.8.